The van der Waals surface area contributed by atoms with Gasteiger partial charge in [0.1, 0.15) is 0 Å². The van der Waals surface area contributed by atoms with Crippen LogP contribution in [0.15, 0.2) is 78.9 Å². The first-order valence-electron chi connectivity index (χ1n) is 10.6. The van der Waals surface area contributed by atoms with Crippen LogP contribution >= 0.6 is 11.6 Å². The summed E-state index contributed by atoms with van der Waals surface area (Å²) in [6.45, 7) is 2.15. The third kappa shape index (κ3) is 5.28. The Morgan fingerprint density at radius 1 is 0.903 bits per heavy atom. The Labute approximate surface area is 188 Å². The Balaban J connectivity index is 1.47. The van der Waals surface area contributed by atoms with Crippen molar-refractivity contribution in [2.45, 2.75) is 26.2 Å². The molecule has 4 rings (SSSR count). The van der Waals surface area contributed by atoms with Crippen LogP contribution in [0.3, 0.4) is 0 Å². The Kier molecular flexibility index (Phi) is 6.59. The largest absolute Gasteiger partial charge is 0.294 e. The Hall–Kier alpha value is -3.23. The average Bonchev–Trinajstić information content (AvgIpc) is 2.81. The number of aryl methyl sites for hydroxylation is 2. The van der Waals surface area contributed by atoms with Gasteiger partial charge in [-0.25, -0.2) is 4.98 Å². The summed E-state index contributed by atoms with van der Waals surface area (Å²) in [7, 11) is 0. The van der Waals surface area contributed by atoms with Crippen LogP contribution in [0.5, 0.6) is 0 Å². The summed E-state index contributed by atoms with van der Waals surface area (Å²) < 4.78 is 0. The Morgan fingerprint density at radius 3 is 2.55 bits per heavy atom. The quantitative estimate of drug-likeness (QED) is 0.288. The first-order valence-corrected chi connectivity index (χ1v) is 10.9. The molecule has 1 aromatic heterocycles. The summed E-state index contributed by atoms with van der Waals surface area (Å²) >= 11 is 6.08. The predicted molar refractivity (Wildman–Crippen MR) is 131 cm³/mol. The van der Waals surface area contributed by atoms with Crippen LogP contribution < -0.4 is 0 Å². The van der Waals surface area contributed by atoms with Gasteiger partial charge in [0, 0.05) is 22.4 Å². The first-order chi connectivity index (χ1) is 15.1. The van der Waals surface area contributed by atoms with E-state index < -0.39 is 0 Å². The fraction of sp³-hybridized carbons (Fsp3) is 0.143. The highest BCUT2D eigenvalue weighted by Gasteiger charge is 2.08. The van der Waals surface area contributed by atoms with Crippen molar-refractivity contribution in [2.24, 2.45) is 0 Å². The molecular formula is C28H24ClNO. The summed E-state index contributed by atoms with van der Waals surface area (Å²) in [5.41, 5.74) is 6.02. The lowest BCUT2D eigenvalue weighted by Gasteiger charge is -2.07. The van der Waals surface area contributed by atoms with Crippen molar-refractivity contribution in [3.8, 4) is 0 Å². The van der Waals surface area contributed by atoms with Crippen molar-refractivity contribution in [1.29, 1.82) is 0 Å². The number of rotatable bonds is 7. The summed E-state index contributed by atoms with van der Waals surface area (Å²) in [4.78, 5) is 17.4. The third-order valence-electron chi connectivity index (χ3n) is 5.45. The molecule has 0 N–H and O–H groups in total. The fourth-order valence-corrected chi connectivity index (χ4v) is 3.90. The maximum absolute atomic E-state index is 12.8. The van der Waals surface area contributed by atoms with Crippen LogP contribution in [0, 0.1) is 0 Å². The zero-order chi connectivity index (χ0) is 21.6. The molecule has 0 aliphatic rings. The predicted octanol–water partition coefficient (Wildman–Crippen LogP) is 7.44. The second kappa shape index (κ2) is 9.72. The SMILES string of the molecule is CCc1ccccc1CCC(=O)c1cccc(/C=C/c2ccc3ccc(Cl)cc3n2)c1. The van der Waals surface area contributed by atoms with Gasteiger partial charge in [-0.3, -0.25) is 4.79 Å². The normalized spacial score (nSPS) is 11.3. The first kappa shape index (κ1) is 21.0. The van der Waals surface area contributed by atoms with Gasteiger partial charge in [-0.2, -0.15) is 0 Å². The molecule has 0 unspecified atom stereocenters. The molecule has 0 saturated heterocycles. The minimum atomic E-state index is 0.166. The number of aromatic nitrogens is 1. The fourth-order valence-electron chi connectivity index (χ4n) is 3.74. The number of halogens is 1. The van der Waals surface area contributed by atoms with E-state index in [0.717, 1.165) is 40.6 Å². The second-order valence-corrected chi connectivity index (χ2v) is 8.01. The smallest absolute Gasteiger partial charge is 0.163 e. The number of hydrogen-bond acceptors (Lipinski definition) is 2. The molecular weight excluding hydrogens is 402 g/mol. The lowest BCUT2D eigenvalue weighted by molar-refractivity contribution is 0.0983. The van der Waals surface area contributed by atoms with E-state index in [9.17, 15) is 4.79 Å². The van der Waals surface area contributed by atoms with E-state index in [4.69, 9.17) is 11.6 Å². The van der Waals surface area contributed by atoms with Crippen molar-refractivity contribution in [2.75, 3.05) is 0 Å². The lowest BCUT2D eigenvalue weighted by atomic mass is 9.97. The van der Waals surface area contributed by atoms with Gasteiger partial charge in [0.15, 0.2) is 5.78 Å². The number of hydrogen-bond donors (Lipinski definition) is 0. The molecule has 0 atom stereocenters. The van der Waals surface area contributed by atoms with E-state index in [-0.39, 0.29) is 5.78 Å². The van der Waals surface area contributed by atoms with Crippen molar-refractivity contribution < 1.29 is 4.79 Å². The maximum Gasteiger partial charge on any atom is 0.163 e. The van der Waals surface area contributed by atoms with Crippen LogP contribution in [0.25, 0.3) is 23.1 Å². The zero-order valence-corrected chi connectivity index (χ0v) is 18.3. The molecule has 0 fully saturated rings. The molecule has 31 heavy (non-hydrogen) atoms. The molecule has 1 heterocycles. The topological polar surface area (TPSA) is 30.0 Å². The number of ketones is 1. The molecule has 0 amide bonds. The van der Waals surface area contributed by atoms with Crippen LogP contribution in [0.2, 0.25) is 5.02 Å². The van der Waals surface area contributed by atoms with Gasteiger partial charge in [-0.05, 0) is 59.9 Å². The Morgan fingerprint density at radius 2 is 1.71 bits per heavy atom. The monoisotopic (exact) mass is 425 g/mol. The molecule has 154 valence electrons. The number of carbonyl (C=O) groups is 1. The summed E-state index contributed by atoms with van der Waals surface area (Å²) in [6, 6.07) is 25.8. The molecule has 2 nitrogen and oxygen atoms in total. The number of Topliss-reactive ketones (excluding diaryl/α,β-unsaturated/α-hetero) is 1. The minimum absolute atomic E-state index is 0.166. The number of fused-ring (bicyclic) bond motifs is 1. The van der Waals surface area contributed by atoms with Gasteiger partial charge in [-0.1, -0.05) is 79.2 Å². The summed E-state index contributed by atoms with van der Waals surface area (Å²) in [5, 5.41) is 1.73. The van der Waals surface area contributed by atoms with Crippen molar-refractivity contribution >= 4 is 40.4 Å². The molecule has 0 spiro atoms. The zero-order valence-electron chi connectivity index (χ0n) is 17.5. The number of pyridine rings is 1. The highest BCUT2D eigenvalue weighted by Crippen LogP contribution is 2.19. The van der Waals surface area contributed by atoms with Gasteiger partial charge in [0.05, 0.1) is 11.2 Å². The average molecular weight is 426 g/mol. The molecule has 3 aromatic carbocycles. The van der Waals surface area contributed by atoms with Gasteiger partial charge in [0.2, 0.25) is 0 Å². The summed E-state index contributed by atoms with van der Waals surface area (Å²) in [6.07, 6.45) is 6.21. The van der Waals surface area contributed by atoms with E-state index in [2.05, 4.69) is 30.1 Å². The Bertz CT molecular complexity index is 1260. The highest BCUT2D eigenvalue weighted by atomic mass is 35.5. The molecule has 0 radical (unpaired) electrons. The standard InChI is InChI=1S/C28H24ClNO/c1-2-21-7-3-4-8-22(21)13-17-28(31)24-9-5-6-20(18-24)10-15-26-16-12-23-11-14-25(29)19-27(23)30-26/h3-12,14-16,18-19H,2,13,17H2,1H3/b15-10+. The van der Waals surface area contributed by atoms with Gasteiger partial charge in [0.25, 0.3) is 0 Å². The van der Waals surface area contributed by atoms with Crippen LogP contribution in [0.1, 0.15) is 46.1 Å². The summed E-state index contributed by atoms with van der Waals surface area (Å²) in [5.74, 6) is 0.166. The number of carbonyl (C=O) groups excluding carboxylic acids is 1. The van der Waals surface area contributed by atoms with E-state index in [1.807, 2.05) is 72.8 Å². The van der Waals surface area contributed by atoms with Crippen molar-refractivity contribution in [3.05, 3.63) is 112 Å². The molecule has 0 aliphatic heterocycles. The number of nitrogens with zero attached hydrogens (tertiary/aromatic N) is 1. The lowest BCUT2D eigenvalue weighted by Crippen LogP contribution is -2.03. The van der Waals surface area contributed by atoms with Crippen molar-refractivity contribution in [1.82, 2.24) is 4.98 Å². The van der Waals surface area contributed by atoms with Crippen molar-refractivity contribution in [3.63, 3.8) is 0 Å². The molecule has 3 heteroatoms. The van der Waals surface area contributed by atoms with E-state index in [0.29, 0.717) is 11.4 Å². The van der Waals surface area contributed by atoms with Crippen LogP contribution in [0.4, 0.5) is 0 Å². The minimum Gasteiger partial charge on any atom is -0.294 e. The maximum atomic E-state index is 12.8. The van der Waals surface area contributed by atoms with Gasteiger partial charge in [-0.15, -0.1) is 0 Å². The third-order valence-corrected chi connectivity index (χ3v) is 5.69. The molecule has 0 aliphatic carbocycles. The van der Waals surface area contributed by atoms with Gasteiger partial charge >= 0.3 is 0 Å². The molecule has 0 bridgehead atoms. The van der Waals surface area contributed by atoms with E-state index >= 15 is 0 Å². The number of benzene rings is 3. The molecule has 0 saturated carbocycles. The van der Waals surface area contributed by atoms with Gasteiger partial charge < -0.3 is 0 Å². The second-order valence-electron chi connectivity index (χ2n) is 7.58. The van der Waals surface area contributed by atoms with Crippen LogP contribution in [-0.4, -0.2) is 10.8 Å². The van der Waals surface area contributed by atoms with E-state index in [1.165, 1.54) is 11.1 Å². The highest BCUT2D eigenvalue weighted by molar-refractivity contribution is 6.31. The molecule has 4 aromatic rings. The van der Waals surface area contributed by atoms with Crippen LogP contribution in [-0.2, 0) is 12.8 Å². The van der Waals surface area contributed by atoms with E-state index in [1.54, 1.807) is 0 Å².